The monoisotopic (exact) mass is 549 g/mol. The summed E-state index contributed by atoms with van der Waals surface area (Å²) >= 11 is 0. The smallest absolute Gasteiger partial charge is 0.475 e. The lowest BCUT2D eigenvalue weighted by Gasteiger charge is -2.25. The average Bonchev–Trinajstić information content (AvgIpc) is 2.91. The van der Waals surface area contributed by atoms with Gasteiger partial charge in [-0.1, -0.05) is 67.8 Å². The molecule has 1 atom stereocenters. The van der Waals surface area contributed by atoms with Crippen molar-refractivity contribution >= 4 is 5.97 Å². The second-order valence-electron chi connectivity index (χ2n) is 9.57. The van der Waals surface area contributed by atoms with Gasteiger partial charge in [0.1, 0.15) is 5.82 Å². The number of aliphatic carboxylic acids is 1. The number of carboxylic acid groups (broad SMARTS) is 1. The van der Waals surface area contributed by atoms with Crippen molar-refractivity contribution in [2.75, 3.05) is 0 Å². The Morgan fingerprint density at radius 3 is 2.13 bits per heavy atom. The van der Waals surface area contributed by atoms with E-state index in [9.17, 15) is 27.2 Å². The van der Waals surface area contributed by atoms with Gasteiger partial charge >= 0.3 is 17.8 Å². The minimum Gasteiger partial charge on any atom is -0.475 e. The first-order chi connectivity index (χ1) is 18.4. The van der Waals surface area contributed by atoms with E-state index in [1.54, 1.807) is 29.7 Å². The van der Waals surface area contributed by atoms with Gasteiger partial charge in [-0.25, -0.2) is 14.0 Å². The predicted octanol–water partition coefficient (Wildman–Crippen LogP) is 5.04. The minimum atomic E-state index is -5.08. The van der Waals surface area contributed by atoms with E-state index in [4.69, 9.17) is 15.6 Å². The van der Waals surface area contributed by atoms with Crippen molar-refractivity contribution in [1.29, 1.82) is 0 Å². The van der Waals surface area contributed by atoms with Crippen LogP contribution in [-0.4, -0.2) is 26.4 Å². The largest absolute Gasteiger partial charge is 0.490 e. The van der Waals surface area contributed by atoms with E-state index in [2.05, 4.69) is 0 Å². The fourth-order valence-electron chi connectivity index (χ4n) is 4.78. The van der Waals surface area contributed by atoms with E-state index in [0.717, 1.165) is 31.2 Å². The van der Waals surface area contributed by atoms with Crippen molar-refractivity contribution in [2.24, 2.45) is 11.7 Å². The molecule has 1 heterocycles. The molecule has 3 N–H and O–H groups in total. The summed E-state index contributed by atoms with van der Waals surface area (Å²) in [4.78, 5) is 35.9. The van der Waals surface area contributed by atoms with Gasteiger partial charge in [0.05, 0.1) is 12.1 Å². The lowest BCUT2D eigenvalue weighted by atomic mass is 9.89. The Morgan fingerprint density at radius 1 is 1.00 bits per heavy atom. The minimum absolute atomic E-state index is 0.0358. The fourth-order valence-corrected chi connectivity index (χ4v) is 4.78. The van der Waals surface area contributed by atoms with Crippen LogP contribution in [0.15, 0.2) is 64.2 Å². The molecular weight excluding hydrogens is 518 g/mol. The number of rotatable bonds is 6. The van der Waals surface area contributed by atoms with Crippen LogP contribution in [0.4, 0.5) is 17.6 Å². The molecule has 0 aliphatic heterocycles. The molecule has 1 aliphatic carbocycles. The summed E-state index contributed by atoms with van der Waals surface area (Å²) in [6.07, 6.45) is 0.553. The number of nitrogens with two attached hydrogens (primary N) is 1. The number of halogens is 4. The highest BCUT2D eigenvalue weighted by atomic mass is 19.4. The van der Waals surface area contributed by atoms with E-state index in [0.29, 0.717) is 18.2 Å². The molecule has 1 fully saturated rings. The van der Waals surface area contributed by atoms with E-state index in [1.165, 1.54) is 17.1 Å². The molecule has 0 saturated heterocycles. The molecule has 0 bridgehead atoms. The highest BCUT2D eigenvalue weighted by Crippen LogP contribution is 2.27. The third-order valence-electron chi connectivity index (χ3n) is 6.85. The first-order valence-corrected chi connectivity index (χ1v) is 12.6. The zero-order valence-electron chi connectivity index (χ0n) is 21.5. The van der Waals surface area contributed by atoms with Gasteiger partial charge in [-0.3, -0.25) is 13.9 Å². The predicted molar refractivity (Wildman–Crippen MR) is 139 cm³/mol. The third kappa shape index (κ3) is 7.44. The quantitative estimate of drug-likeness (QED) is 0.419. The van der Waals surface area contributed by atoms with E-state index in [1.807, 2.05) is 30.3 Å². The van der Waals surface area contributed by atoms with Crippen molar-refractivity contribution in [2.45, 2.75) is 64.3 Å². The van der Waals surface area contributed by atoms with Gasteiger partial charge < -0.3 is 10.8 Å². The number of nitrogens with zero attached hydrogens (tertiary/aromatic N) is 2. The number of hydrogen-bond donors (Lipinski definition) is 2. The SMILES string of the molecule is Cc1c(-c2ccccc2F)c(=O)n(C[C@H](N)c2ccccc2)c(=O)n1CC1CCCCC1.O=C(O)C(F)(F)F. The van der Waals surface area contributed by atoms with Crippen molar-refractivity contribution in [1.82, 2.24) is 9.13 Å². The van der Waals surface area contributed by atoms with Crippen LogP contribution in [0.3, 0.4) is 0 Å². The van der Waals surface area contributed by atoms with Crippen LogP contribution in [-0.2, 0) is 17.9 Å². The van der Waals surface area contributed by atoms with Gasteiger partial charge in [0.15, 0.2) is 0 Å². The van der Waals surface area contributed by atoms with Gasteiger partial charge in [0, 0.05) is 23.8 Å². The molecule has 0 radical (unpaired) electrons. The van der Waals surface area contributed by atoms with Gasteiger partial charge in [0.25, 0.3) is 5.56 Å². The van der Waals surface area contributed by atoms with Crippen LogP contribution in [0.2, 0.25) is 0 Å². The zero-order valence-corrected chi connectivity index (χ0v) is 21.5. The van der Waals surface area contributed by atoms with Gasteiger partial charge in [-0.05, 0) is 37.3 Å². The lowest BCUT2D eigenvalue weighted by Crippen LogP contribution is -2.44. The number of hydrogen-bond acceptors (Lipinski definition) is 4. The fraction of sp³-hybridized carbons (Fsp3) is 0.393. The lowest BCUT2D eigenvalue weighted by molar-refractivity contribution is -0.192. The molecule has 210 valence electrons. The Labute approximate surface area is 222 Å². The molecule has 0 amide bonds. The van der Waals surface area contributed by atoms with Crippen LogP contribution in [0.5, 0.6) is 0 Å². The Morgan fingerprint density at radius 2 is 1.56 bits per heavy atom. The second-order valence-corrected chi connectivity index (χ2v) is 9.57. The normalized spacial score (nSPS) is 14.8. The number of carbonyl (C=O) groups is 1. The Kier molecular flexibility index (Phi) is 9.85. The number of carboxylic acids is 1. The van der Waals surface area contributed by atoms with Gasteiger partial charge in [-0.15, -0.1) is 0 Å². The zero-order chi connectivity index (χ0) is 28.7. The second kappa shape index (κ2) is 12.9. The van der Waals surface area contributed by atoms with Gasteiger partial charge in [-0.2, -0.15) is 13.2 Å². The maximum atomic E-state index is 14.7. The topological polar surface area (TPSA) is 107 Å². The molecule has 1 aromatic heterocycles. The third-order valence-corrected chi connectivity index (χ3v) is 6.85. The molecule has 1 aliphatic rings. The molecule has 11 heteroatoms. The molecular formula is C28H31F4N3O4. The summed E-state index contributed by atoms with van der Waals surface area (Å²) in [6, 6.07) is 15.1. The first-order valence-electron chi connectivity index (χ1n) is 12.6. The molecule has 3 aromatic rings. The van der Waals surface area contributed by atoms with Crippen molar-refractivity contribution in [3.05, 3.63) is 92.5 Å². The maximum Gasteiger partial charge on any atom is 0.490 e. The molecule has 2 aromatic carbocycles. The van der Waals surface area contributed by atoms with Crippen LogP contribution >= 0.6 is 0 Å². The molecule has 7 nitrogen and oxygen atoms in total. The number of benzene rings is 2. The van der Waals surface area contributed by atoms with Crippen molar-refractivity contribution in [3.63, 3.8) is 0 Å². The van der Waals surface area contributed by atoms with Gasteiger partial charge in [0.2, 0.25) is 0 Å². The summed E-state index contributed by atoms with van der Waals surface area (Å²) in [5.74, 6) is -2.86. The summed E-state index contributed by atoms with van der Waals surface area (Å²) in [7, 11) is 0. The molecule has 0 spiro atoms. The summed E-state index contributed by atoms with van der Waals surface area (Å²) < 4.78 is 49.3. The summed E-state index contributed by atoms with van der Waals surface area (Å²) in [5, 5.41) is 7.12. The Hall–Kier alpha value is -3.73. The molecule has 0 unspecified atom stereocenters. The van der Waals surface area contributed by atoms with Crippen LogP contribution in [0, 0.1) is 18.7 Å². The summed E-state index contributed by atoms with van der Waals surface area (Å²) in [5.41, 5.74) is 7.31. The summed E-state index contributed by atoms with van der Waals surface area (Å²) in [6.45, 7) is 2.32. The highest BCUT2D eigenvalue weighted by molar-refractivity contribution is 5.73. The highest BCUT2D eigenvalue weighted by Gasteiger charge is 2.38. The van der Waals surface area contributed by atoms with E-state index >= 15 is 0 Å². The number of aromatic nitrogens is 2. The van der Waals surface area contributed by atoms with Crippen LogP contribution < -0.4 is 17.0 Å². The standard InChI is InChI=1S/C26H30FN3O2.C2HF3O2/c1-18-24(21-14-8-9-15-22(21)27)25(31)30(17-23(28)20-12-6-3-7-13-20)26(32)29(18)16-19-10-4-2-5-11-19;3-2(4,5)1(6)7/h3,6-9,12-15,19,23H,2,4-5,10-11,16-17,28H2,1H3;(H,6,7)/t23-;/m0./s1. The van der Waals surface area contributed by atoms with E-state index in [-0.39, 0.29) is 23.4 Å². The molecule has 1 saturated carbocycles. The van der Waals surface area contributed by atoms with Crippen molar-refractivity contribution < 1.29 is 27.5 Å². The maximum absolute atomic E-state index is 14.7. The Bertz CT molecular complexity index is 1390. The number of alkyl halides is 3. The molecule has 39 heavy (non-hydrogen) atoms. The average molecular weight is 550 g/mol. The van der Waals surface area contributed by atoms with Crippen molar-refractivity contribution in [3.8, 4) is 11.1 Å². The van der Waals surface area contributed by atoms with Crippen LogP contribution in [0.25, 0.3) is 11.1 Å². The first kappa shape index (κ1) is 29.8. The molecule has 4 rings (SSSR count). The van der Waals surface area contributed by atoms with E-state index < -0.39 is 29.6 Å². The Balaban J connectivity index is 0.000000532. The van der Waals surface area contributed by atoms with Crippen LogP contribution in [0.1, 0.15) is 49.4 Å².